The molecular weight excluding hydrogens is 138 g/mol. The van der Waals surface area contributed by atoms with Gasteiger partial charge in [0.15, 0.2) is 0 Å². The monoisotopic (exact) mass is 154 g/mol. The zero-order chi connectivity index (χ0) is 8.69. The molecule has 0 aliphatic heterocycles. The van der Waals surface area contributed by atoms with Crippen molar-refractivity contribution in [2.75, 3.05) is 0 Å². The van der Waals surface area contributed by atoms with E-state index in [-0.39, 0.29) is 12.0 Å². The molecule has 11 heavy (non-hydrogen) atoms. The van der Waals surface area contributed by atoms with Crippen LogP contribution in [0, 0.1) is 24.2 Å². The van der Waals surface area contributed by atoms with Crippen molar-refractivity contribution >= 4 is 0 Å². The molecule has 0 saturated carbocycles. The van der Waals surface area contributed by atoms with Gasteiger partial charge < -0.3 is 5.11 Å². The maximum absolute atomic E-state index is 8.94. The van der Waals surface area contributed by atoms with Crippen molar-refractivity contribution in [3.05, 3.63) is 6.92 Å². The van der Waals surface area contributed by atoms with Gasteiger partial charge in [0.1, 0.15) is 0 Å². The Labute approximate surface area is 68.8 Å². The Morgan fingerprint density at radius 1 is 1.45 bits per heavy atom. The summed E-state index contributed by atoms with van der Waals surface area (Å²) < 4.78 is 0. The summed E-state index contributed by atoms with van der Waals surface area (Å²) in [6.07, 6.45) is 2.89. The van der Waals surface area contributed by atoms with Crippen molar-refractivity contribution in [3.63, 3.8) is 0 Å². The van der Waals surface area contributed by atoms with Gasteiger partial charge in [0.25, 0.3) is 0 Å². The van der Waals surface area contributed by atoms with Gasteiger partial charge in [0.2, 0.25) is 0 Å². The fraction of sp³-hybridized carbons (Fsp3) is 0.778. The number of rotatable bonds is 5. The minimum absolute atomic E-state index is 0.0853. The Hall–Kier alpha value is -0.550. The van der Waals surface area contributed by atoms with Crippen LogP contribution < -0.4 is 0 Å². The molecule has 0 fully saturated rings. The van der Waals surface area contributed by atoms with E-state index in [9.17, 15) is 0 Å². The smallest absolute Gasteiger partial charge is 0.0655 e. The van der Waals surface area contributed by atoms with Crippen LogP contribution in [0.1, 0.15) is 32.6 Å². The Balaban J connectivity index is 3.46. The zero-order valence-corrected chi connectivity index (χ0v) is 7.08. The largest absolute Gasteiger partial charge is 0.393 e. The second kappa shape index (κ2) is 6.18. The van der Waals surface area contributed by atoms with E-state index < -0.39 is 0 Å². The average molecular weight is 154 g/mol. The number of aliphatic hydroxyl groups is 1. The molecule has 0 spiro atoms. The summed E-state index contributed by atoms with van der Waals surface area (Å²) in [4.78, 5) is 0. The zero-order valence-electron chi connectivity index (χ0n) is 7.08. The Bertz CT molecular complexity index is 126. The van der Waals surface area contributed by atoms with Gasteiger partial charge in [-0.2, -0.15) is 5.26 Å². The molecule has 2 unspecified atom stereocenters. The molecule has 0 heterocycles. The molecule has 2 atom stereocenters. The van der Waals surface area contributed by atoms with Gasteiger partial charge in [0.05, 0.1) is 12.2 Å². The van der Waals surface area contributed by atoms with Crippen molar-refractivity contribution in [3.8, 4) is 6.07 Å². The standard InChI is InChI=1S/C9H16NO/c1-3-4-9(7-10)6-5-8(2)11/h8-9,11H,1,3-6H2,2H3. The molecule has 2 nitrogen and oxygen atoms in total. The van der Waals surface area contributed by atoms with Crippen molar-refractivity contribution in [1.82, 2.24) is 0 Å². The van der Waals surface area contributed by atoms with Gasteiger partial charge in [-0.15, -0.1) is 0 Å². The molecule has 1 radical (unpaired) electrons. The predicted molar refractivity (Wildman–Crippen MR) is 44.6 cm³/mol. The predicted octanol–water partition coefficient (Wildman–Crippen LogP) is 1.90. The molecular formula is C9H16NO. The van der Waals surface area contributed by atoms with Crippen molar-refractivity contribution in [2.45, 2.75) is 38.7 Å². The first-order chi connectivity index (χ1) is 5.20. The van der Waals surface area contributed by atoms with E-state index in [2.05, 4.69) is 13.0 Å². The van der Waals surface area contributed by atoms with Gasteiger partial charge in [0, 0.05) is 5.92 Å². The molecule has 0 bridgehead atoms. The molecule has 63 valence electrons. The lowest BCUT2D eigenvalue weighted by atomic mass is 9.98. The average Bonchev–Trinajstić information content (AvgIpc) is 1.97. The molecule has 2 heteroatoms. The number of hydrogen-bond acceptors (Lipinski definition) is 2. The van der Waals surface area contributed by atoms with E-state index in [1.165, 1.54) is 0 Å². The van der Waals surface area contributed by atoms with Crippen molar-refractivity contribution < 1.29 is 5.11 Å². The minimum Gasteiger partial charge on any atom is -0.393 e. The van der Waals surface area contributed by atoms with Gasteiger partial charge in [-0.3, -0.25) is 0 Å². The Morgan fingerprint density at radius 2 is 2.09 bits per heavy atom. The fourth-order valence-electron chi connectivity index (χ4n) is 0.962. The van der Waals surface area contributed by atoms with Crippen LogP contribution in [0.4, 0.5) is 0 Å². The molecule has 0 aliphatic carbocycles. The van der Waals surface area contributed by atoms with Gasteiger partial charge in [-0.1, -0.05) is 13.3 Å². The highest BCUT2D eigenvalue weighted by molar-refractivity contribution is 4.82. The minimum atomic E-state index is -0.282. The molecule has 0 aliphatic rings. The summed E-state index contributed by atoms with van der Waals surface area (Å²) in [5, 5.41) is 17.6. The second-order valence-corrected chi connectivity index (χ2v) is 2.89. The van der Waals surface area contributed by atoms with Crippen LogP contribution in [0.25, 0.3) is 0 Å². The highest BCUT2D eigenvalue weighted by Crippen LogP contribution is 2.13. The quantitative estimate of drug-likeness (QED) is 0.657. The van der Waals surface area contributed by atoms with Crippen molar-refractivity contribution in [2.24, 2.45) is 5.92 Å². The third-order valence-corrected chi connectivity index (χ3v) is 1.67. The summed E-state index contributed by atoms with van der Waals surface area (Å²) >= 11 is 0. The Morgan fingerprint density at radius 3 is 2.45 bits per heavy atom. The van der Waals surface area contributed by atoms with E-state index in [4.69, 9.17) is 10.4 Å². The van der Waals surface area contributed by atoms with Crippen LogP contribution in [0.15, 0.2) is 0 Å². The summed E-state index contributed by atoms with van der Waals surface area (Å²) in [5.41, 5.74) is 0. The lowest BCUT2D eigenvalue weighted by molar-refractivity contribution is 0.176. The molecule has 0 rings (SSSR count). The van der Waals surface area contributed by atoms with Crippen LogP contribution in [-0.2, 0) is 0 Å². The summed E-state index contributed by atoms with van der Waals surface area (Å²) in [6, 6.07) is 2.21. The molecule has 0 aromatic carbocycles. The number of hydrogen-bond donors (Lipinski definition) is 1. The van der Waals surface area contributed by atoms with Crippen LogP contribution in [0.3, 0.4) is 0 Å². The highest BCUT2D eigenvalue weighted by Gasteiger charge is 2.06. The maximum Gasteiger partial charge on any atom is 0.0655 e. The first-order valence-corrected chi connectivity index (χ1v) is 4.07. The highest BCUT2D eigenvalue weighted by atomic mass is 16.3. The van der Waals surface area contributed by atoms with Crippen LogP contribution in [0.2, 0.25) is 0 Å². The lowest BCUT2D eigenvalue weighted by Crippen LogP contribution is -2.04. The number of nitriles is 1. The third kappa shape index (κ3) is 5.87. The summed E-state index contributed by atoms with van der Waals surface area (Å²) in [7, 11) is 0. The van der Waals surface area contributed by atoms with Crippen LogP contribution in [-0.4, -0.2) is 11.2 Å². The first-order valence-electron chi connectivity index (χ1n) is 4.07. The maximum atomic E-state index is 8.94. The van der Waals surface area contributed by atoms with Gasteiger partial charge >= 0.3 is 0 Å². The molecule has 0 amide bonds. The Kier molecular flexibility index (Phi) is 5.87. The fourth-order valence-corrected chi connectivity index (χ4v) is 0.962. The van der Waals surface area contributed by atoms with E-state index in [1.54, 1.807) is 6.92 Å². The van der Waals surface area contributed by atoms with Crippen molar-refractivity contribution in [1.29, 1.82) is 5.26 Å². The van der Waals surface area contributed by atoms with E-state index >= 15 is 0 Å². The third-order valence-electron chi connectivity index (χ3n) is 1.67. The molecule has 0 saturated heterocycles. The van der Waals surface area contributed by atoms with Gasteiger partial charge in [-0.05, 0) is 26.2 Å². The van der Waals surface area contributed by atoms with E-state index in [1.807, 2.05) is 0 Å². The van der Waals surface area contributed by atoms with E-state index in [0.29, 0.717) is 0 Å². The normalized spacial score (nSPS) is 15.5. The molecule has 0 aromatic rings. The SMILES string of the molecule is [CH2]CCC(C#N)CCC(C)O. The lowest BCUT2D eigenvalue weighted by Gasteiger charge is -2.07. The summed E-state index contributed by atoms with van der Waals surface area (Å²) in [6.45, 7) is 5.44. The van der Waals surface area contributed by atoms with Gasteiger partial charge in [-0.25, -0.2) is 0 Å². The summed E-state index contributed by atoms with van der Waals surface area (Å²) in [5.74, 6) is 0.0853. The van der Waals surface area contributed by atoms with Crippen LogP contribution >= 0.6 is 0 Å². The second-order valence-electron chi connectivity index (χ2n) is 2.89. The van der Waals surface area contributed by atoms with Crippen LogP contribution in [0.5, 0.6) is 0 Å². The van der Waals surface area contributed by atoms with E-state index in [0.717, 1.165) is 25.7 Å². The number of nitrogens with zero attached hydrogens (tertiary/aromatic N) is 1. The molecule has 0 aromatic heterocycles. The topological polar surface area (TPSA) is 44.0 Å². The first kappa shape index (κ1) is 10.4. The molecule has 1 N–H and O–H groups in total. The number of aliphatic hydroxyl groups excluding tert-OH is 1.